The van der Waals surface area contributed by atoms with Gasteiger partial charge in [0.15, 0.2) is 0 Å². The molecule has 0 aliphatic rings. The van der Waals surface area contributed by atoms with Crippen molar-refractivity contribution in [2.24, 2.45) is 0 Å². The van der Waals surface area contributed by atoms with Crippen LogP contribution in [0.3, 0.4) is 0 Å². The minimum atomic E-state index is -0.784. The number of alkyl halides is 2. The van der Waals surface area contributed by atoms with E-state index in [1.807, 2.05) is 13.0 Å². The van der Waals surface area contributed by atoms with Gasteiger partial charge in [-0.1, -0.05) is 12.1 Å². The molecular formula is C15H17ClFN3O2. The van der Waals surface area contributed by atoms with Crippen molar-refractivity contribution in [2.75, 3.05) is 18.6 Å². The summed E-state index contributed by atoms with van der Waals surface area (Å²) in [6.45, 7) is 1.42. The van der Waals surface area contributed by atoms with Crippen LogP contribution in [0.5, 0.6) is 5.75 Å². The number of aromatic nitrogens is 2. The Morgan fingerprint density at radius 1 is 1.50 bits per heavy atom. The number of carbonyl (C=O) groups is 1. The van der Waals surface area contributed by atoms with Crippen LogP contribution >= 0.6 is 11.6 Å². The van der Waals surface area contributed by atoms with Gasteiger partial charge in [0, 0.05) is 12.4 Å². The lowest BCUT2D eigenvalue weighted by atomic mass is 10.2. The summed E-state index contributed by atoms with van der Waals surface area (Å²) in [4.78, 5) is 12.2. The molecule has 22 heavy (non-hydrogen) atoms. The maximum Gasteiger partial charge on any atom is 0.244 e. The van der Waals surface area contributed by atoms with Gasteiger partial charge in [-0.3, -0.25) is 9.48 Å². The summed E-state index contributed by atoms with van der Waals surface area (Å²) in [6, 6.07) is 7.04. The number of benzene rings is 1. The summed E-state index contributed by atoms with van der Waals surface area (Å²) in [5, 5.41) is 5.96. The maximum atomic E-state index is 12.3. The molecule has 7 heteroatoms. The Labute approximate surface area is 133 Å². The van der Waals surface area contributed by atoms with Crippen molar-refractivity contribution in [3.05, 3.63) is 42.2 Å². The van der Waals surface area contributed by atoms with Crippen LogP contribution in [0.15, 0.2) is 36.7 Å². The van der Waals surface area contributed by atoms with Crippen LogP contribution in [0.2, 0.25) is 0 Å². The second-order valence-electron chi connectivity index (χ2n) is 4.67. The second kappa shape index (κ2) is 7.79. The van der Waals surface area contributed by atoms with E-state index >= 15 is 0 Å². The molecule has 1 atom stereocenters. The molecule has 1 amide bonds. The van der Waals surface area contributed by atoms with Crippen molar-refractivity contribution in [3.63, 3.8) is 0 Å². The summed E-state index contributed by atoms with van der Waals surface area (Å²) in [7, 11) is 0. The molecule has 2 aromatic rings. The monoisotopic (exact) mass is 325 g/mol. The molecule has 0 bridgehead atoms. The van der Waals surface area contributed by atoms with E-state index in [-0.39, 0.29) is 19.1 Å². The number of aryl methyl sites for hydroxylation is 1. The minimum absolute atomic E-state index is 0.0656. The Kier molecular flexibility index (Phi) is 5.77. The van der Waals surface area contributed by atoms with E-state index in [0.717, 1.165) is 5.56 Å². The Morgan fingerprint density at radius 3 is 3.00 bits per heavy atom. The third-order valence-electron chi connectivity index (χ3n) is 3.01. The zero-order chi connectivity index (χ0) is 15.9. The molecule has 0 spiro atoms. The summed E-state index contributed by atoms with van der Waals surface area (Å²) in [6.07, 6.45) is 3.35. The highest BCUT2D eigenvalue weighted by molar-refractivity contribution is 6.32. The van der Waals surface area contributed by atoms with E-state index in [1.165, 1.54) is 0 Å². The molecule has 1 unspecified atom stereocenters. The summed E-state index contributed by atoms with van der Waals surface area (Å²) in [5.41, 5.74) is 1.32. The van der Waals surface area contributed by atoms with Gasteiger partial charge in [-0.25, -0.2) is 4.39 Å². The van der Waals surface area contributed by atoms with Crippen LogP contribution < -0.4 is 10.1 Å². The highest BCUT2D eigenvalue weighted by Crippen LogP contribution is 2.28. The standard InChI is InChI=1S/C15H17ClFN3O2/c1-11-4-2-5-13(22-9-6-17)14(11)19-15(21)12(16)10-20-8-3-7-18-20/h2-5,7-8,12H,6,9-10H2,1H3,(H,19,21). The lowest BCUT2D eigenvalue weighted by Crippen LogP contribution is -2.28. The van der Waals surface area contributed by atoms with Gasteiger partial charge in [0.05, 0.1) is 12.2 Å². The predicted molar refractivity (Wildman–Crippen MR) is 83.1 cm³/mol. The predicted octanol–water partition coefficient (Wildman–Crippen LogP) is 2.79. The van der Waals surface area contributed by atoms with Gasteiger partial charge in [0.25, 0.3) is 0 Å². The van der Waals surface area contributed by atoms with Crippen LogP contribution in [0, 0.1) is 6.92 Å². The number of nitrogens with zero attached hydrogens (tertiary/aromatic N) is 2. The molecule has 118 valence electrons. The number of carbonyl (C=O) groups excluding carboxylic acids is 1. The van der Waals surface area contributed by atoms with Gasteiger partial charge in [0.1, 0.15) is 24.4 Å². The Morgan fingerprint density at radius 2 is 2.32 bits per heavy atom. The van der Waals surface area contributed by atoms with Crippen molar-refractivity contribution in [2.45, 2.75) is 18.8 Å². The molecule has 1 heterocycles. The van der Waals surface area contributed by atoms with E-state index in [4.69, 9.17) is 16.3 Å². The van der Waals surface area contributed by atoms with Gasteiger partial charge in [-0.2, -0.15) is 5.10 Å². The number of amides is 1. The molecule has 0 radical (unpaired) electrons. The van der Waals surface area contributed by atoms with Crippen molar-refractivity contribution in [1.29, 1.82) is 0 Å². The zero-order valence-electron chi connectivity index (χ0n) is 12.1. The van der Waals surface area contributed by atoms with Gasteiger partial charge >= 0.3 is 0 Å². The first-order chi connectivity index (χ1) is 10.6. The first kappa shape index (κ1) is 16.3. The van der Waals surface area contributed by atoms with Crippen molar-refractivity contribution in [3.8, 4) is 5.75 Å². The molecule has 1 aromatic carbocycles. The molecule has 0 saturated carbocycles. The van der Waals surface area contributed by atoms with Crippen LogP contribution in [0.1, 0.15) is 5.56 Å². The number of hydrogen-bond donors (Lipinski definition) is 1. The van der Waals surface area contributed by atoms with Gasteiger partial charge in [0.2, 0.25) is 5.91 Å². The average molecular weight is 326 g/mol. The Balaban J connectivity index is 2.07. The number of nitrogens with one attached hydrogen (secondary N) is 1. The second-order valence-corrected chi connectivity index (χ2v) is 5.20. The SMILES string of the molecule is Cc1cccc(OCCF)c1NC(=O)C(Cl)Cn1cccn1. The van der Waals surface area contributed by atoms with Crippen LogP contribution in [0.4, 0.5) is 10.1 Å². The van der Waals surface area contributed by atoms with Gasteiger partial charge in [-0.15, -0.1) is 11.6 Å². The fourth-order valence-electron chi connectivity index (χ4n) is 1.93. The van der Waals surface area contributed by atoms with Gasteiger partial charge in [-0.05, 0) is 24.6 Å². The van der Waals surface area contributed by atoms with Crippen LogP contribution in [-0.2, 0) is 11.3 Å². The van der Waals surface area contributed by atoms with E-state index < -0.39 is 12.1 Å². The number of hydrogen-bond acceptors (Lipinski definition) is 3. The Bertz CT molecular complexity index is 619. The third kappa shape index (κ3) is 4.21. The summed E-state index contributed by atoms with van der Waals surface area (Å²) in [5.74, 6) is 0.0607. The van der Waals surface area contributed by atoms with E-state index in [1.54, 1.807) is 35.3 Å². The Hall–Kier alpha value is -2.08. The number of para-hydroxylation sites is 1. The van der Waals surface area contributed by atoms with E-state index in [0.29, 0.717) is 11.4 Å². The number of halogens is 2. The molecule has 0 saturated heterocycles. The molecule has 1 aromatic heterocycles. The number of rotatable bonds is 7. The lowest BCUT2D eigenvalue weighted by Gasteiger charge is -2.16. The van der Waals surface area contributed by atoms with E-state index in [2.05, 4.69) is 10.4 Å². The number of ether oxygens (including phenoxy) is 1. The fraction of sp³-hybridized carbons (Fsp3) is 0.333. The largest absolute Gasteiger partial charge is 0.489 e. The zero-order valence-corrected chi connectivity index (χ0v) is 12.9. The van der Waals surface area contributed by atoms with Gasteiger partial charge < -0.3 is 10.1 Å². The smallest absolute Gasteiger partial charge is 0.244 e. The minimum Gasteiger partial charge on any atom is -0.489 e. The van der Waals surface area contributed by atoms with Crippen molar-refractivity contribution >= 4 is 23.2 Å². The van der Waals surface area contributed by atoms with Crippen molar-refractivity contribution < 1.29 is 13.9 Å². The maximum absolute atomic E-state index is 12.3. The van der Waals surface area contributed by atoms with Crippen LogP contribution in [0.25, 0.3) is 0 Å². The summed E-state index contributed by atoms with van der Waals surface area (Å²) < 4.78 is 19.2. The topological polar surface area (TPSA) is 56.1 Å². The third-order valence-corrected chi connectivity index (χ3v) is 3.34. The lowest BCUT2D eigenvalue weighted by molar-refractivity contribution is -0.116. The van der Waals surface area contributed by atoms with Crippen LogP contribution in [-0.4, -0.2) is 34.3 Å². The highest BCUT2D eigenvalue weighted by Gasteiger charge is 2.19. The molecule has 0 aliphatic heterocycles. The molecule has 0 fully saturated rings. The average Bonchev–Trinajstić information content (AvgIpc) is 3.00. The first-order valence-electron chi connectivity index (χ1n) is 6.82. The molecule has 0 aliphatic carbocycles. The molecule has 2 rings (SSSR count). The van der Waals surface area contributed by atoms with Crippen molar-refractivity contribution in [1.82, 2.24) is 9.78 Å². The number of anilines is 1. The fourth-order valence-corrected chi connectivity index (χ4v) is 2.12. The molecule has 1 N–H and O–H groups in total. The normalized spacial score (nSPS) is 12.0. The highest BCUT2D eigenvalue weighted by atomic mass is 35.5. The first-order valence-corrected chi connectivity index (χ1v) is 7.26. The van der Waals surface area contributed by atoms with E-state index in [9.17, 15) is 9.18 Å². The molecule has 5 nitrogen and oxygen atoms in total. The quantitative estimate of drug-likeness (QED) is 0.796. The molecular weight excluding hydrogens is 309 g/mol. The summed E-state index contributed by atoms with van der Waals surface area (Å²) >= 11 is 6.11.